The summed E-state index contributed by atoms with van der Waals surface area (Å²) in [5, 5.41) is 0. The summed E-state index contributed by atoms with van der Waals surface area (Å²) in [6.07, 6.45) is 2.59. The average molecular weight is 192 g/mol. The predicted molar refractivity (Wildman–Crippen MR) is 53.5 cm³/mol. The highest BCUT2D eigenvalue weighted by Crippen LogP contribution is 2.12. The number of nitrogens with one attached hydrogen (secondary N) is 1. The lowest BCUT2D eigenvalue weighted by Crippen LogP contribution is -2.34. The Bertz CT molecular complexity index is 459. The molecule has 0 saturated carbocycles. The van der Waals surface area contributed by atoms with Crippen molar-refractivity contribution < 1.29 is 4.57 Å². The summed E-state index contributed by atoms with van der Waals surface area (Å²) < 4.78 is 1.97. The largest absolute Gasteiger partial charge is 0.368 e. The first-order chi connectivity index (χ1) is 6.76. The van der Waals surface area contributed by atoms with Gasteiger partial charge < -0.3 is 10.7 Å². The number of imidazole rings is 1. The number of nitrogens with zero attached hydrogens (tertiary/aromatic N) is 3. The second-order valence-electron chi connectivity index (χ2n) is 3.15. The molecule has 5 heteroatoms. The van der Waals surface area contributed by atoms with Gasteiger partial charge in [-0.1, -0.05) is 16.9 Å². The number of anilines is 1. The van der Waals surface area contributed by atoms with Crippen molar-refractivity contribution in [1.82, 2.24) is 15.0 Å². The van der Waals surface area contributed by atoms with Crippen LogP contribution in [0.3, 0.4) is 0 Å². The molecule has 0 spiro atoms. The molecule has 0 bridgehead atoms. The average Bonchev–Trinajstić information content (AvgIpc) is 2.63. The molecule has 0 aromatic carbocycles. The summed E-state index contributed by atoms with van der Waals surface area (Å²) >= 11 is 0. The molecule has 14 heavy (non-hydrogen) atoms. The molecule has 2 rings (SSSR count). The Labute approximate surface area is 82.0 Å². The molecule has 2 aromatic heterocycles. The highest BCUT2D eigenvalue weighted by Gasteiger charge is 2.15. The normalized spacial score (nSPS) is 11.0. The molecule has 2 heterocycles. The number of aryl methyl sites for hydroxylation is 2. The van der Waals surface area contributed by atoms with Crippen LogP contribution in [-0.2, 0) is 13.0 Å². The molecule has 0 amide bonds. The van der Waals surface area contributed by atoms with Gasteiger partial charge >= 0.3 is 0 Å². The van der Waals surface area contributed by atoms with Gasteiger partial charge in [-0.3, -0.25) is 0 Å². The van der Waals surface area contributed by atoms with E-state index in [0.29, 0.717) is 5.82 Å². The number of fused-ring (bicyclic) bond motifs is 1. The van der Waals surface area contributed by atoms with Crippen LogP contribution in [0, 0.1) is 0 Å². The van der Waals surface area contributed by atoms with Crippen LogP contribution in [0.5, 0.6) is 0 Å². The van der Waals surface area contributed by atoms with Gasteiger partial charge in [0.2, 0.25) is 12.1 Å². The van der Waals surface area contributed by atoms with E-state index in [1.807, 2.05) is 4.57 Å². The lowest BCUT2D eigenvalue weighted by molar-refractivity contribution is -0.672. The van der Waals surface area contributed by atoms with E-state index in [2.05, 4.69) is 28.8 Å². The van der Waals surface area contributed by atoms with Gasteiger partial charge in [-0.2, -0.15) is 0 Å². The first-order valence-electron chi connectivity index (χ1n) is 4.78. The van der Waals surface area contributed by atoms with E-state index in [9.17, 15) is 0 Å². The van der Waals surface area contributed by atoms with Gasteiger partial charge in [-0.05, 0) is 6.92 Å². The van der Waals surface area contributed by atoms with E-state index in [-0.39, 0.29) is 0 Å². The quantitative estimate of drug-likeness (QED) is 0.677. The van der Waals surface area contributed by atoms with Crippen molar-refractivity contribution in [3.8, 4) is 0 Å². The summed E-state index contributed by atoms with van der Waals surface area (Å²) in [6, 6.07) is 0. The molecule has 0 aliphatic heterocycles. The summed E-state index contributed by atoms with van der Waals surface area (Å²) in [5.41, 5.74) is 7.48. The van der Waals surface area contributed by atoms with Crippen molar-refractivity contribution in [3.63, 3.8) is 0 Å². The highest BCUT2D eigenvalue weighted by atomic mass is 15.1. The fourth-order valence-electron chi connectivity index (χ4n) is 1.45. The molecule has 3 N–H and O–H groups in total. The van der Waals surface area contributed by atoms with Crippen molar-refractivity contribution in [2.24, 2.45) is 0 Å². The molecule has 0 radical (unpaired) electrons. The summed E-state index contributed by atoms with van der Waals surface area (Å²) in [7, 11) is 0. The Hall–Kier alpha value is -1.65. The SMILES string of the molecule is CCc1nc2c([nH]1)c(N)nc[n+]2CC. The van der Waals surface area contributed by atoms with Crippen LogP contribution in [0.2, 0.25) is 0 Å². The standard InChI is InChI=1S/C9H13N5/c1-3-6-12-7-8(10)11-5-14(4-2)9(7)13-6/h5H,3-4H2,1-2H3,(H2,10,12,13)/p+1. The van der Waals surface area contributed by atoms with E-state index in [1.54, 1.807) is 6.33 Å². The van der Waals surface area contributed by atoms with Gasteiger partial charge in [0.1, 0.15) is 0 Å². The van der Waals surface area contributed by atoms with Gasteiger partial charge in [0.05, 0.1) is 6.54 Å². The number of aromatic nitrogens is 4. The van der Waals surface area contributed by atoms with Crippen LogP contribution in [0.15, 0.2) is 6.33 Å². The van der Waals surface area contributed by atoms with E-state index in [1.165, 1.54) is 0 Å². The fourth-order valence-corrected chi connectivity index (χ4v) is 1.45. The molecule has 5 nitrogen and oxygen atoms in total. The molecule has 74 valence electrons. The van der Waals surface area contributed by atoms with Gasteiger partial charge in [0.15, 0.2) is 11.3 Å². The Morgan fingerprint density at radius 3 is 2.93 bits per heavy atom. The van der Waals surface area contributed by atoms with Gasteiger partial charge in [0.25, 0.3) is 5.65 Å². The fraction of sp³-hybridized carbons (Fsp3) is 0.444. The van der Waals surface area contributed by atoms with Crippen molar-refractivity contribution in [1.29, 1.82) is 0 Å². The summed E-state index contributed by atoms with van der Waals surface area (Å²) in [5.74, 6) is 1.46. The van der Waals surface area contributed by atoms with Crippen LogP contribution in [-0.4, -0.2) is 15.0 Å². The lowest BCUT2D eigenvalue weighted by Gasteiger charge is -1.94. The number of nitrogens with two attached hydrogens (primary N) is 1. The van der Waals surface area contributed by atoms with Crippen molar-refractivity contribution in [2.45, 2.75) is 26.8 Å². The van der Waals surface area contributed by atoms with Crippen LogP contribution >= 0.6 is 0 Å². The number of hydrogen-bond acceptors (Lipinski definition) is 3. The first kappa shape index (κ1) is 8.93. The van der Waals surface area contributed by atoms with Crippen molar-refractivity contribution in [3.05, 3.63) is 12.2 Å². The third-order valence-corrected chi connectivity index (χ3v) is 2.27. The minimum atomic E-state index is 0.511. The Kier molecular flexibility index (Phi) is 2.07. The number of H-pyrrole nitrogens is 1. The van der Waals surface area contributed by atoms with Crippen LogP contribution in [0.25, 0.3) is 11.2 Å². The lowest BCUT2D eigenvalue weighted by atomic mass is 10.5. The van der Waals surface area contributed by atoms with E-state index >= 15 is 0 Å². The molecule has 0 fully saturated rings. The number of rotatable bonds is 2. The Morgan fingerprint density at radius 1 is 1.50 bits per heavy atom. The zero-order chi connectivity index (χ0) is 10.1. The molecule has 0 unspecified atom stereocenters. The maximum atomic E-state index is 5.75. The summed E-state index contributed by atoms with van der Waals surface area (Å²) in [6.45, 7) is 4.95. The molecule has 2 aromatic rings. The predicted octanol–water partition coefficient (Wildman–Crippen LogP) is 0.410. The van der Waals surface area contributed by atoms with E-state index < -0.39 is 0 Å². The van der Waals surface area contributed by atoms with E-state index in [0.717, 1.165) is 30.0 Å². The Balaban J connectivity index is 2.74. The molecular formula is C9H14N5+. The molecule has 0 atom stereocenters. The zero-order valence-electron chi connectivity index (χ0n) is 8.41. The zero-order valence-corrected chi connectivity index (χ0v) is 8.41. The second kappa shape index (κ2) is 3.25. The van der Waals surface area contributed by atoms with Gasteiger partial charge in [0, 0.05) is 6.42 Å². The first-order valence-corrected chi connectivity index (χ1v) is 4.78. The van der Waals surface area contributed by atoms with Crippen LogP contribution < -0.4 is 10.3 Å². The topological polar surface area (TPSA) is 71.5 Å². The van der Waals surface area contributed by atoms with Gasteiger partial charge in [-0.25, -0.2) is 4.57 Å². The van der Waals surface area contributed by atoms with Crippen molar-refractivity contribution >= 4 is 17.0 Å². The van der Waals surface area contributed by atoms with Crippen molar-refractivity contribution in [2.75, 3.05) is 5.73 Å². The third kappa shape index (κ3) is 1.21. The minimum Gasteiger partial charge on any atom is -0.368 e. The van der Waals surface area contributed by atoms with Gasteiger partial charge in [-0.15, -0.1) is 0 Å². The highest BCUT2D eigenvalue weighted by molar-refractivity contribution is 5.78. The Morgan fingerprint density at radius 2 is 2.29 bits per heavy atom. The molecule has 0 aliphatic rings. The number of hydrogen-bond donors (Lipinski definition) is 2. The molecular weight excluding hydrogens is 178 g/mol. The number of aromatic amines is 1. The van der Waals surface area contributed by atoms with Crippen LogP contribution in [0.4, 0.5) is 5.82 Å². The maximum Gasteiger partial charge on any atom is 0.293 e. The molecule has 0 saturated heterocycles. The smallest absolute Gasteiger partial charge is 0.293 e. The van der Waals surface area contributed by atoms with Crippen LogP contribution in [0.1, 0.15) is 19.7 Å². The maximum absolute atomic E-state index is 5.75. The monoisotopic (exact) mass is 192 g/mol. The molecule has 0 aliphatic carbocycles. The third-order valence-electron chi connectivity index (χ3n) is 2.27. The summed E-state index contributed by atoms with van der Waals surface area (Å²) in [4.78, 5) is 11.7. The van der Waals surface area contributed by atoms with E-state index in [4.69, 9.17) is 5.73 Å². The second-order valence-corrected chi connectivity index (χ2v) is 3.15. The minimum absolute atomic E-state index is 0.511. The number of nitrogen functional groups attached to an aromatic ring is 1.